The fourth-order valence-electron chi connectivity index (χ4n) is 1.86. The zero-order valence-corrected chi connectivity index (χ0v) is 12.8. The Kier molecular flexibility index (Phi) is 5.09. The van der Waals surface area contributed by atoms with Gasteiger partial charge >= 0.3 is 11.2 Å². The van der Waals surface area contributed by atoms with Gasteiger partial charge in [0.15, 0.2) is 0 Å². The topological polar surface area (TPSA) is 60.3 Å². The number of hydrogen-bond acceptors (Lipinski definition) is 4. The van der Waals surface area contributed by atoms with Gasteiger partial charge < -0.3 is 10.1 Å². The van der Waals surface area contributed by atoms with Crippen molar-refractivity contribution < 1.29 is 22.7 Å². The Labute approximate surface area is 133 Å². The summed E-state index contributed by atoms with van der Waals surface area (Å²) in [6.07, 6.45) is -4.80. The molecule has 0 aliphatic carbocycles. The molecule has 9 heteroatoms. The van der Waals surface area contributed by atoms with Gasteiger partial charge in [-0.25, -0.2) is 0 Å². The van der Waals surface area contributed by atoms with E-state index in [1.807, 2.05) is 0 Å². The predicted octanol–water partition coefficient (Wildman–Crippen LogP) is 2.43. The average Bonchev–Trinajstić information content (AvgIpc) is 2.77. The minimum absolute atomic E-state index is 0.136. The molecule has 0 fully saturated rings. The number of halogens is 3. The van der Waals surface area contributed by atoms with E-state index in [-0.39, 0.29) is 29.3 Å². The summed E-state index contributed by atoms with van der Waals surface area (Å²) in [5.74, 6) is -0.848. The van der Waals surface area contributed by atoms with Crippen molar-refractivity contribution >= 4 is 17.2 Å². The fourth-order valence-corrected chi connectivity index (χ4v) is 2.60. The van der Waals surface area contributed by atoms with Crippen molar-refractivity contribution in [1.82, 2.24) is 9.88 Å². The molecule has 0 aliphatic heterocycles. The van der Waals surface area contributed by atoms with Crippen molar-refractivity contribution in [2.24, 2.45) is 0 Å². The zero-order valence-electron chi connectivity index (χ0n) is 12.0. The van der Waals surface area contributed by atoms with Crippen molar-refractivity contribution in [2.75, 3.05) is 0 Å². The summed E-state index contributed by atoms with van der Waals surface area (Å²) in [5, 5.41) is 4.10. The van der Waals surface area contributed by atoms with E-state index in [4.69, 9.17) is 0 Å². The van der Waals surface area contributed by atoms with Crippen molar-refractivity contribution in [2.45, 2.75) is 26.4 Å². The van der Waals surface area contributed by atoms with E-state index in [1.54, 1.807) is 12.3 Å². The highest BCUT2D eigenvalue weighted by molar-refractivity contribution is 7.07. The van der Waals surface area contributed by atoms with Crippen molar-refractivity contribution in [3.8, 4) is 5.75 Å². The first-order chi connectivity index (χ1) is 10.8. The van der Waals surface area contributed by atoms with Gasteiger partial charge in [-0.3, -0.25) is 14.2 Å². The molecule has 1 heterocycles. The van der Waals surface area contributed by atoms with Gasteiger partial charge in [-0.1, -0.05) is 29.5 Å². The first-order valence-electron chi connectivity index (χ1n) is 6.51. The van der Waals surface area contributed by atoms with Gasteiger partial charge in [0.2, 0.25) is 5.91 Å². The van der Waals surface area contributed by atoms with Crippen LogP contribution in [0.5, 0.6) is 5.75 Å². The number of hydrogen-bond donors (Lipinski definition) is 1. The van der Waals surface area contributed by atoms with E-state index in [2.05, 4.69) is 10.1 Å². The zero-order chi connectivity index (χ0) is 17.0. The second-order valence-electron chi connectivity index (χ2n) is 4.66. The quantitative estimate of drug-likeness (QED) is 0.905. The molecule has 0 atom stereocenters. The van der Waals surface area contributed by atoms with Crippen LogP contribution in [-0.4, -0.2) is 16.8 Å². The molecule has 0 radical (unpaired) electrons. The Morgan fingerprint density at radius 1 is 1.35 bits per heavy atom. The van der Waals surface area contributed by atoms with E-state index in [0.29, 0.717) is 5.69 Å². The summed E-state index contributed by atoms with van der Waals surface area (Å²) in [5.41, 5.74) is 0.837. The number of carbonyl (C=O) groups excluding carboxylic acids is 1. The smallest absolute Gasteiger partial charge is 0.405 e. The Morgan fingerprint density at radius 2 is 2.04 bits per heavy atom. The van der Waals surface area contributed by atoms with Crippen LogP contribution in [0.1, 0.15) is 11.3 Å². The van der Waals surface area contributed by atoms with Crippen molar-refractivity contribution in [3.05, 3.63) is 50.6 Å². The molecule has 0 bridgehead atoms. The van der Waals surface area contributed by atoms with E-state index in [0.717, 1.165) is 11.3 Å². The highest BCUT2D eigenvalue weighted by atomic mass is 32.1. The number of aromatic nitrogens is 1. The molecule has 0 unspecified atom stereocenters. The summed E-state index contributed by atoms with van der Waals surface area (Å²) in [4.78, 5) is 23.1. The molecule has 1 aromatic carbocycles. The summed E-state index contributed by atoms with van der Waals surface area (Å²) in [7, 11) is 0. The van der Waals surface area contributed by atoms with E-state index < -0.39 is 12.3 Å². The van der Waals surface area contributed by atoms with Crippen LogP contribution in [0, 0.1) is 6.92 Å². The molecular weight excluding hydrogens is 333 g/mol. The largest absolute Gasteiger partial charge is 0.573 e. The second kappa shape index (κ2) is 6.86. The van der Waals surface area contributed by atoms with Crippen LogP contribution in [-0.2, 0) is 17.9 Å². The normalized spacial score (nSPS) is 11.3. The minimum atomic E-state index is -4.80. The number of amides is 1. The molecule has 0 saturated heterocycles. The Hall–Kier alpha value is -2.29. The predicted molar refractivity (Wildman–Crippen MR) is 78.3 cm³/mol. The van der Waals surface area contributed by atoms with Crippen LogP contribution in [0.2, 0.25) is 0 Å². The Morgan fingerprint density at radius 3 is 2.65 bits per heavy atom. The first kappa shape index (κ1) is 17.1. The van der Waals surface area contributed by atoms with Gasteiger partial charge in [0.1, 0.15) is 12.3 Å². The molecule has 1 N–H and O–H groups in total. The summed E-state index contributed by atoms with van der Waals surface area (Å²) in [6.45, 7) is 1.37. The number of alkyl halides is 3. The number of carbonyl (C=O) groups is 1. The maximum Gasteiger partial charge on any atom is 0.573 e. The molecule has 124 valence electrons. The first-order valence-corrected chi connectivity index (χ1v) is 7.39. The highest BCUT2D eigenvalue weighted by Crippen LogP contribution is 2.26. The van der Waals surface area contributed by atoms with Gasteiger partial charge in [-0.15, -0.1) is 13.2 Å². The lowest BCUT2D eigenvalue weighted by Gasteiger charge is -2.13. The third-order valence-electron chi connectivity index (χ3n) is 2.95. The molecule has 0 saturated carbocycles. The lowest BCUT2D eigenvalue weighted by Crippen LogP contribution is -2.31. The number of rotatable bonds is 5. The number of nitrogens with one attached hydrogen (secondary N) is 1. The standard InChI is InChI=1S/C14H13F3N2O3S/c1-9-8-23-13(21)19(9)7-12(20)18-6-10-4-2-3-5-11(10)22-14(15,16)17/h2-5,8H,6-7H2,1H3,(H,18,20). The maximum atomic E-state index is 12.3. The summed E-state index contributed by atoms with van der Waals surface area (Å²) in [6, 6.07) is 5.53. The number of para-hydroxylation sites is 1. The fraction of sp³-hybridized carbons (Fsp3) is 0.286. The highest BCUT2D eigenvalue weighted by Gasteiger charge is 2.31. The molecule has 5 nitrogen and oxygen atoms in total. The number of benzene rings is 1. The second-order valence-corrected chi connectivity index (χ2v) is 5.48. The lowest BCUT2D eigenvalue weighted by atomic mass is 10.2. The molecule has 0 spiro atoms. The molecule has 23 heavy (non-hydrogen) atoms. The molecular formula is C14H13F3N2O3S. The number of thiazole rings is 1. The van der Waals surface area contributed by atoms with Gasteiger partial charge in [0.25, 0.3) is 0 Å². The Bertz CT molecular complexity index is 752. The van der Waals surface area contributed by atoms with Crippen LogP contribution in [0.3, 0.4) is 0 Å². The van der Waals surface area contributed by atoms with Gasteiger partial charge in [0, 0.05) is 23.2 Å². The number of nitrogens with zero attached hydrogens (tertiary/aromatic N) is 1. The molecule has 1 amide bonds. The van der Waals surface area contributed by atoms with E-state index in [9.17, 15) is 22.8 Å². The molecule has 2 aromatic rings. The molecule has 2 rings (SSSR count). The van der Waals surface area contributed by atoms with Crippen LogP contribution in [0.4, 0.5) is 13.2 Å². The van der Waals surface area contributed by atoms with E-state index in [1.165, 1.54) is 28.8 Å². The molecule has 0 aliphatic rings. The number of aryl methyl sites for hydroxylation is 1. The van der Waals surface area contributed by atoms with Crippen LogP contribution in [0.15, 0.2) is 34.4 Å². The van der Waals surface area contributed by atoms with Gasteiger partial charge in [-0.05, 0) is 13.0 Å². The average molecular weight is 346 g/mol. The lowest BCUT2D eigenvalue weighted by molar-refractivity contribution is -0.274. The minimum Gasteiger partial charge on any atom is -0.405 e. The maximum absolute atomic E-state index is 12.3. The van der Waals surface area contributed by atoms with Crippen LogP contribution < -0.4 is 14.9 Å². The Balaban J connectivity index is 2.01. The molecule has 1 aromatic heterocycles. The van der Waals surface area contributed by atoms with Crippen molar-refractivity contribution in [1.29, 1.82) is 0 Å². The summed E-state index contributed by atoms with van der Waals surface area (Å²) < 4.78 is 42.1. The monoisotopic (exact) mass is 346 g/mol. The van der Waals surface area contributed by atoms with Crippen molar-refractivity contribution in [3.63, 3.8) is 0 Å². The van der Waals surface area contributed by atoms with Crippen LogP contribution >= 0.6 is 11.3 Å². The summed E-state index contributed by atoms with van der Waals surface area (Å²) >= 11 is 0.979. The third kappa shape index (κ3) is 4.85. The third-order valence-corrected chi connectivity index (χ3v) is 3.83. The number of ether oxygens (including phenoxy) is 1. The van der Waals surface area contributed by atoms with Crippen LogP contribution in [0.25, 0.3) is 0 Å². The van der Waals surface area contributed by atoms with E-state index >= 15 is 0 Å². The SMILES string of the molecule is Cc1csc(=O)n1CC(=O)NCc1ccccc1OC(F)(F)F. The van der Waals surface area contributed by atoms with Gasteiger partial charge in [-0.2, -0.15) is 0 Å². The van der Waals surface area contributed by atoms with Gasteiger partial charge in [0.05, 0.1) is 0 Å².